The van der Waals surface area contributed by atoms with Crippen molar-refractivity contribution < 1.29 is 19.1 Å². The lowest BCUT2D eigenvalue weighted by Gasteiger charge is -2.27. The van der Waals surface area contributed by atoms with Crippen molar-refractivity contribution in [2.75, 3.05) is 37.9 Å². The van der Waals surface area contributed by atoms with E-state index in [-0.39, 0.29) is 10.5 Å². The van der Waals surface area contributed by atoms with Gasteiger partial charge in [0.25, 0.3) is 10.5 Å². The van der Waals surface area contributed by atoms with Crippen molar-refractivity contribution in [1.82, 2.24) is 10.6 Å². The van der Waals surface area contributed by atoms with E-state index in [0.717, 1.165) is 27.8 Å². The van der Waals surface area contributed by atoms with Crippen molar-refractivity contribution in [2.45, 2.75) is 45.7 Å². The van der Waals surface area contributed by atoms with E-state index in [9.17, 15) is 9.59 Å². The summed E-state index contributed by atoms with van der Waals surface area (Å²) in [4.78, 5) is 24.8. The summed E-state index contributed by atoms with van der Waals surface area (Å²) in [6, 6.07) is 16.0. The topological polar surface area (TPSA) is 76.7 Å². The van der Waals surface area contributed by atoms with Crippen LogP contribution in [0.1, 0.15) is 56.9 Å². The molecule has 0 aromatic heterocycles. The predicted molar refractivity (Wildman–Crippen MR) is 167 cm³/mol. The van der Waals surface area contributed by atoms with E-state index in [1.54, 1.807) is 6.08 Å². The Bertz CT molecular complexity index is 1130. The molecule has 0 spiro atoms. The third kappa shape index (κ3) is 11.6. The zero-order chi connectivity index (χ0) is 28.9. The number of rotatable bonds is 15. The molecule has 0 saturated carbocycles. The second-order valence-electron chi connectivity index (χ2n) is 10.2. The molecule has 0 radical (unpaired) electrons. The molecule has 212 valence electrons. The molecule has 0 heterocycles. The summed E-state index contributed by atoms with van der Waals surface area (Å²) in [6.07, 6.45) is 1.79. The minimum atomic E-state index is -0.495. The maximum Gasteiger partial charge on any atom is 0.279 e. The third-order valence-electron chi connectivity index (χ3n) is 6.04. The Morgan fingerprint density at radius 1 is 0.821 bits per heavy atom. The van der Waals surface area contributed by atoms with Crippen LogP contribution in [0.15, 0.2) is 61.7 Å². The summed E-state index contributed by atoms with van der Waals surface area (Å²) in [5.74, 6) is 1.10. The smallest absolute Gasteiger partial charge is 0.279 e. The fourth-order valence-electron chi connectivity index (χ4n) is 3.66. The van der Waals surface area contributed by atoms with Crippen LogP contribution in [0.25, 0.3) is 11.6 Å². The molecule has 8 heteroatoms. The number of hydrogen-bond acceptors (Lipinski definition) is 6. The van der Waals surface area contributed by atoms with Gasteiger partial charge >= 0.3 is 0 Å². The molecule has 39 heavy (non-hydrogen) atoms. The summed E-state index contributed by atoms with van der Waals surface area (Å²) in [6.45, 7) is 19.5. The number of benzene rings is 2. The highest BCUT2D eigenvalue weighted by atomic mass is 32.2. The van der Waals surface area contributed by atoms with E-state index in [4.69, 9.17) is 9.47 Å². The number of hydrogen-bond donors (Lipinski definition) is 2. The first-order valence-corrected chi connectivity index (χ1v) is 15.0. The molecular weight excluding hydrogens is 528 g/mol. The SMILES string of the molecule is C=Cc1cccc(C(C)(C)NC(=O)SCCOCCOCCSC(=O)NC(C)(C)c2cccc(C(=C)C)c2)c1. The highest BCUT2D eigenvalue weighted by Crippen LogP contribution is 2.25. The van der Waals surface area contributed by atoms with Crippen molar-refractivity contribution >= 4 is 45.7 Å². The first kappa shape index (κ1) is 32.7. The Labute approximate surface area is 242 Å². The molecule has 2 rings (SSSR count). The van der Waals surface area contributed by atoms with Gasteiger partial charge in [0, 0.05) is 11.5 Å². The number of allylic oxidation sites excluding steroid dienone is 1. The lowest BCUT2D eigenvalue weighted by Crippen LogP contribution is -2.39. The molecule has 0 aliphatic carbocycles. The Kier molecular flexibility index (Phi) is 13.3. The fourth-order valence-corrected chi connectivity index (χ4v) is 5.09. The first-order valence-electron chi connectivity index (χ1n) is 13.0. The van der Waals surface area contributed by atoms with E-state index in [1.165, 1.54) is 23.5 Å². The van der Waals surface area contributed by atoms with E-state index in [2.05, 4.69) is 29.9 Å². The molecular formula is C31H42N2O4S2. The number of carbonyl (C=O) groups excluding carboxylic acids is 2. The maximum atomic E-state index is 12.4. The van der Waals surface area contributed by atoms with Gasteiger partial charge in [-0.15, -0.1) is 0 Å². The van der Waals surface area contributed by atoms with Crippen LogP contribution in [0.3, 0.4) is 0 Å². The second-order valence-corrected chi connectivity index (χ2v) is 12.3. The van der Waals surface area contributed by atoms with Crippen molar-refractivity contribution in [1.29, 1.82) is 0 Å². The normalized spacial score (nSPS) is 11.6. The van der Waals surface area contributed by atoms with Gasteiger partial charge in [-0.2, -0.15) is 0 Å². The van der Waals surface area contributed by atoms with Gasteiger partial charge in [0.2, 0.25) is 0 Å². The lowest BCUT2D eigenvalue weighted by molar-refractivity contribution is 0.0605. The zero-order valence-corrected chi connectivity index (χ0v) is 25.4. The molecule has 2 aromatic carbocycles. The number of amides is 2. The van der Waals surface area contributed by atoms with Crippen LogP contribution in [-0.4, -0.2) is 48.4 Å². The van der Waals surface area contributed by atoms with Crippen LogP contribution in [0, 0.1) is 0 Å². The summed E-state index contributed by atoms with van der Waals surface area (Å²) < 4.78 is 11.1. The molecule has 2 aromatic rings. The van der Waals surface area contributed by atoms with E-state index in [1.807, 2.05) is 77.1 Å². The first-order chi connectivity index (χ1) is 18.4. The average Bonchev–Trinajstić information content (AvgIpc) is 2.89. The molecule has 0 bridgehead atoms. The number of thioether (sulfide) groups is 2. The van der Waals surface area contributed by atoms with Gasteiger partial charge in [0.1, 0.15) is 0 Å². The van der Waals surface area contributed by atoms with Gasteiger partial charge in [0.15, 0.2) is 0 Å². The zero-order valence-electron chi connectivity index (χ0n) is 23.8. The summed E-state index contributed by atoms with van der Waals surface area (Å²) in [7, 11) is 0. The van der Waals surface area contributed by atoms with Gasteiger partial charge < -0.3 is 20.1 Å². The van der Waals surface area contributed by atoms with Gasteiger partial charge in [-0.1, -0.05) is 84.7 Å². The molecule has 2 N–H and O–H groups in total. The summed E-state index contributed by atoms with van der Waals surface area (Å²) >= 11 is 2.40. The Morgan fingerprint density at radius 2 is 1.31 bits per heavy atom. The minimum Gasteiger partial charge on any atom is -0.378 e. The molecule has 0 aliphatic rings. The molecule has 0 fully saturated rings. The average molecular weight is 571 g/mol. The molecule has 0 aliphatic heterocycles. The molecule has 0 atom stereocenters. The van der Waals surface area contributed by atoms with E-state index >= 15 is 0 Å². The standard InChI is InChI=1S/C31H42N2O4S2/c1-8-24-11-9-13-26(21-24)30(4,5)32-28(34)38-19-17-36-15-16-37-18-20-39-29(35)33-31(6,7)27-14-10-12-25(22-27)23(2)3/h8-14,21-22H,1-2,15-20H2,3-7H3,(H,32,34)(H,33,35). The van der Waals surface area contributed by atoms with Gasteiger partial charge in [0.05, 0.1) is 37.5 Å². The van der Waals surface area contributed by atoms with Crippen molar-refractivity contribution in [2.24, 2.45) is 0 Å². The second kappa shape index (κ2) is 15.9. The summed E-state index contributed by atoms with van der Waals surface area (Å²) in [5, 5.41) is 5.95. The van der Waals surface area contributed by atoms with E-state index < -0.39 is 11.1 Å². The molecule has 0 unspecified atom stereocenters. The van der Waals surface area contributed by atoms with Crippen LogP contribution < -0.4 is 10.6 Å². The quantitative estimate of drug-likeness (QED) is 0.217. The van der Waals surface area contributed by atoms with Gasteiger partial charge in [-0.3, -0.25) is 9.59 Å². The Hall–Kier alpha value is -2.52. The maximum absolute atomic E-state index is 12.4. The number of carbonyl (C=O) groups is 2. The van der Waals surface area contributed by atoms with Crippen LogP contribution >= 0.6 is 23.5 Å². The van der Waals surface area contributed by atoms with Crippen LogP contribution in [0.4, 0.5) is 9.59 Å². The molecule has 2 amide bonds. The van der Waals surface area contributed by atoms with E-state index in [0.29, 0.717) is 37.9 Å². The number of ether oxygens (including phenoxy) is 2. The van der Waals surface area contributed by atoms with Gasteiger partial charge in [-0.25, -0.2) is 0 Å². The summed E-state index contributed by atoms with van der Waals surface area (Å²) in [5.41, 5.74) is 4.14. The lowest BCUT2D eigenvalue weighted by atomic mass is 9.92. The van der Waals surface area contributed by atoms with Crippen molar-refractivity contribution in [3.8, 4) is 0 Å². The van der Waals surface area contributed by atoms with Crippen LogP contribution in [0.2, 0.25) is 0 Å². The fraction of sp³-hybridized carbons (Fsp3) is 0.419. The number of nitrogens with one attached hydrogen (secondary N) is 2. The van der Waals surface area contributed by atoms with Gasteiger partial charge in [-0.05, 0) is 69.0 Å². The van der Waals surface area contributed by atoms with Crippen molar-refractivity contribution in [3.05, 3.63) is 83.9 Å². The van der Waals surface area contributed by atoms with Crippen molar-refractivity contribution in [3.63, 3.8) is 0 Å². The highest BCUT2D eigenvalue weighted by Gasteiger charge is 2.24. The third-order valence-corrected chi connectivity index (χ3v) is 7.51. The molecule has 6 nitrogen and oxygen atoms in total. The molecule has 0 saturated heterocycles. The van der Waals surface area contributed by atoms with Crippen LogP contribution in [-0.2, 0) is 20.6 Å². The van der Waals surface area contributed by atoms with Crippen LogP contribution in [0.5, 0.6) is 0 Å². The Balaban J connectivity index is 1.54. The highest BCUT2D eigenvalue weighted by molar-refractivity contribution is 8.13. The Morgan fingerprint density at radius 3 is 1.79 bits per heavy atom. The monoisotopic (exact) mass is 570 g/mol. The largest absolute Gasteiger partial charge is 0.378 e. The predicted octanol–water partition coefficient (Wildman–Crippen LogP) is 7.45. The minimum absolute atomic E-state index is 0.0903.